The molecule has 0 aliphatic heterocycles. The molecule has 3 rings (SSSR count). The van der Waals surface area contributed by atoms with E-state index >= 15 is 0 Å². The highest BCUT2D eigenvalue weighted by Crippen LogP contribution is 2.22. The maximum atomic E-state index is 13.6. The van der Waals surface area contributed by atoms with Gasteiger partial charge in [0.15, 0.2) is 5.82 Å². The summed E-state index contributed by atoms with van der Waals surface area (Å²) in [6.07, 6.45) is 0.813. The highest BCUT2D eigenvalue weighted by atomic mass is 35.5. The predicted octanol–water partition coefficient (Wildman–Crippen LogP) is 3.21. The van der Waals surface area contributed by atoms with Crippen LogP contribution in [0.1, 0.15) is 32.1 Å². The number of fused-ring (bicyclic) bond motifs is 1. The standard InChI is InChI=1S/C19H19ClFN3O/c1-3-16(22-4-2)18-23-17-8-6-5-7-13(17)19(25)24(18)12-9-10-15(21)14(20)11-12/h5-11,16,22H,3-4H2,1-2H3/p+1/t16-/m1/s1. The van der Waals surface area contributed by atoms with Crippen LogP contribution in [0.5, 0.6) is 0 Å². The molecule has 0 aliphatic rings. The van der Waals surface area contributed by atoms with Crippen LogP contribution < -0.4 is 10.9 Å². The Morgan fingerprint density at radius 1 is 1.24 bits per heavy atom. The minimum atomic E-state index is -0.513. The first-order valence-corrected chi connectivity index (χ1v) is 8.75. The van der Waals surface area contributed by atoms with E-state index in [0.29, 0.717) is 22.4 Å². The van der Waals surface area contributed by atoms with Gasteiger partial charge in [-0.3, -0.25) is 9.36 Å². The van der Waals surface area contributed by atoms with Gasteiger partial charge >= 0.3 is 0 Å². The Labute approximate surface area is 150 Å². The van der Waals surface area contributed by atoms with Gasteiger partial charge in [-0.15, -0.1) is 0 Å². The molecule has 1 atom stereocenters. The van der Waals surface area contributed by atoms with Crippen molar-refractivity contribution < 1.29 is 9.71 Å². The molecule has 0 unspecified atom stereocenters. The maximum absolute atomic E-state index is 13.6. The third-order valence-electron chi connectivity index (χ3n) is 4.25. The summed E-state index contributed by atoms with van der Waals surface area (Å²) >= 11 is 5.94. The Bertz CT molecular complexity index is 971. The van der Waals surface area contributed by atoms with Crippen molar-refractivity contribution in [2.24, 2.45) is 0 Å². The topological polar surface area (TPSA) is 51.5 Å². The van der Waals surface area contributed by atoms with Crippen LogP contribution in [-0.2, 0) is 0 Å². The van der Waals surface area contributed by atoms with Gasteiger partial charge in [0.25, 0.3) is 5.56 Å². The minimum Gasteiger partial charge on any atom is -0.338 e. The fourth-order valence-electron chi connectivity index (χ4n) is 3.01. The van der Waals surface area contributed by atoms with Gasteiger partial charge in [0, 0.05) is 6.42 Å². The molecule has 0 amide bonds. The Kier molecular flexibility index (Phi) is 5.16. The molecule has 2 N–H and O–H groups in total. The van der Waals surface area contributed by atoms with Crippen molar-refractivity contribution in [1.82, 2.24) is 9.55 Å². The lowest BCUT2D eigenvalue weighted by molar-refractivity contribution is -0.694. The lowest BCUT2D eigenvalue weighted by Crippen LogP contribution is -2.85. The lowest BCUT2D eigenvalue weighted by Gasteiger charge is -2.19. The van der Waals surface area contributed by atoms with Crippen molar-refractivity contribution in [3.63, 3.8) is 0 Å². The Morgan fingerprint density at radius 2 is 2.00 bits per heavy atom. The number of nitrogens with two attached hydrogens (primary N) is 1. The van der Waals surface area contributed by atoms with E-state index in [1.807, 2.05) is 18.2 Å². The van der Waals surface area contributed by atoms with Gasteiger partial charge in [-0.1, -0.05) is 30.7 Å². The third kappa shape index (κ3) is 3.30. The fourth-order valence-corrected chi connectivity index (χ4v) is 3.19. The molecule has 130 valence electrons. The van der Waals surface area contributed by atoms with E-state index in [1.165, 1.54) is 12.1 Å². The molecule has 0 radical (unpaired) electrons. The molecule has 0 spiro atoms. The smallest absolute Gasteiger partial charge is 0.266 e. The van der Waals surface area contributed by atoms with Crippen LogP contribution in [-0.4, -0.2) is 16.1 Å². The molecule has 0 saturated carbocycles. The number of aromatic nitrogens is 2. The van der Waals surface area contributed by atoms with Gasteiger partial charge < -0.3 is 5.32 Å². The second kappa shape index (κ2) is 7.33. The molecular weight excluding hydrogens is 341 g/mol. The normalized spacial score (nSPS) is 12.5. The number of rotatable bonds is 5. The molecule has 0 saturated heterocycles. The summed E-state index contributed by atoms with van der Waals surface area (Å²) in [5.41, 5.74) is 1.01. The summed E-state index contributed by atoms with van der Waals surface area (Å²) in [6.45, 7) is 4.98. The first-order chi connectivity index (χ1) is 12.1. The number of nitrogens with zero attached hydrogens (tertiary/aromatic N) is 2. The van der Waals surface area contributed by atoms with Gasteiger partial charge in [0.2, 0.25) is 0 Å². The Morgan fingerprint density at radius 3 is 2.68 bits per heavy atom. The fraction of sp³-hybridized carbons (Fsp3) is 0.263. The lowest BCUT2D eigenvalue weighted by atomic mass is 10.1. The summed E-state index contributed by atoms with van der Waals surface area (Å²) in [5.74, 6) is 0.136. The van der Waals surface area contributed by atoms with Crippen LogP contribution in [0, 0.1) is 5.82 Å². The SMILES string of the molecule is CC[NH2+][C@H](CC)c1nc2ccccc2c(=O)n1-c1ccc(F)c(Cl)c1. The van der Waals surface area contributed by atoms with Crippen LogP contribution >= 0.6 is 11.6 Å². The number of para-hydroxylation sites is 1. The average molecular weight is 361 g/mol. The number of benzene rings is 2. The number of halogens is 2. The molecule has 0 fully saturated rings. The maximum Gasteiger partial charge on any atom is 0.266 e. The average Bonchev–Trinajstić information content (AvgIpc) is 2.62. The molecule has 4 nitrogen and oxygen atoms in total. The van der Waals surface area contributed by atoms with E-state index in [-0.39, 0.29) is 16.6 Å². The summed E-state index contributed by atoms with van der Waals surface area (Å²) in [5, 5.41) is 2.65. The number of quaternary nitrogens is 1. The van der Waals surface area contributed by atoms with Crippen LogP contribution in [0.4, 0.5) is 4.39 Å². The molecular formula is C19H20ClFN3O+. The molecule has 2 aromatic carbocycles. The molecule has 25 heavy (non-hydrogen) atoms. The zero-order chi connectivity index (χ0) is 18.0. The third-order valence-corrected chi connectivity index (χ3v) is 4.54. The van der Waals surface area contributed by atoms with Crippen molar-refractivity contribution in [1.29, 1.82) is 0 Å². The minimum absolute atomic E-state index is 0.0176. The zero-order valence-electron chi connectivity index (χ0n) is 14.2. The highest BCUT2D eigenvalue weighted by Gasteiger charge is 2.22. The molecule has 3 aromatic rings. The number of hydrogen-bond acceptors (Lipinski definition) is 2. The van der Waals surface area contributed by atoms with Gasteiger partial charge in [0.1, 0.15) is 11.9 Å². The summed E-state index contributed by atoms with van der Waals surface area (Å²) in [7, 11) is 0. The number of hydrogen-bond donors (Lipinski definition) is 1. The monoisotopic (exact) mass is 360 g/mol. The van der Waals surface area contributed by atoms with Crippen LogP contribution in [0.15, 0.2) is 47.3 Å². The zero-order valence-corrected chi connectivity index (χ0v) is 14.9. The van der Waals surface area contributed by atoms with E-state index in [1.54, 1.807) is 16.7 Å². The van der Waals surface area contributed by atoms with E-state index in [4.69, 9.17) is 16.6 Å². The quantitative estimate of drug-likeness (QED) is 0.759. The van der Waals surface area contributed by atoms with Gasteiger partial charge in [0.05, 0.1) is 28.2 Å². The second-order valence-corrected chi connectivity index (χ2v) is 6.29. The van der Waals surface area contributed by atoms with E-state index in [0.717, 1.165) is 13.0 Å². The second-order valence-electron chi connectivity index (χ2n) is 5.88. The van der Waals surface area contributed by atoms with Crippen molar-refractivity contribution in [2.75, 3.05) is 6.54 Å². The summed E-state index contributed by atoms with van der Waals surface area (Å²) in [6, 6.07) is 11.6. The van der Waals surface area contributed by atoms with Crippen molar-refractivity contribution in [3.05, 3.63) is 69.5 Å². The van der Waals surface area contributed by atoms with Crippen molar-refractivity contribution >= 4 is 22.5 Å². The molecule has 1 aromatic heterocycles. The first-order valence-electron chi connectivity index (χ1n) is 8.37. The van der Waals surface area contributed by atoms with E-state index < -0.39 is 5.82 Å². The van der Waals surface area contributed by atoms with Crippen LogP contribution in [0.25, 0.3) is 16.6 Å². The Hall–Kier alpha value is -2.24. The Balaban J connectivity index is 2.35. The van der Waals surface area contributed by atoms with E-state index in [2.05, 4.69) is 19.2 Å². The van der Waals surface area contributed by atoms with Crippen molar-refractivity contribution in [3.8, 4) is 5.69 Å². The summed E-state index contributed by atoms with van der Waals surface area (Å²) in [4.78, 5) is 17.9. The molecule has 0 aliphatic carbocycles. The predicted molar refractivity (Wildman–Crippen MR) is 97.8 cm³/mol. The van der Waals surface area contributed by atoms with E-state index in [9.17, 15) is 9.18 Å². The first kappa shape index (κ1) is 17.6. The van der Waals surface area contributed by atoms with Crippen LogP contribution in [0.3, 0.4) is 0 Å². The van der Waals surface area contributed by atoms with Gasteiger partial charge in [-0.05, 0) is 37.3 Å². The highest BCUT2D eigenvalue weighted by molar-refractivity contribution is 6.30. The molecule has 1 heterocycles. The van der Waals surface area contributed by atoms with Gasteiger partial charge in [-0.25, -0.2) is 9.37 Å². The van der Waals surface area contributed by atoms with Crippen LogP contribution in [0.2, 0.25) is 5.02 Å². The van der Waals surface area contributed by atoms with Crippen molar-refractivity contribution in [2.45, 2.75) is 26.3 Å². The largest absolute Gasteiger partial charge is 0.338 e. The molecule has 6 heteroatoms. The van der Waals surface area contributed by atoms with Gasteiger partial charge in [-0.2, -0.15) is 0 Å². The molecule has 0 bridgehead atoms. The summed E-state index contributed by atoms with van der Waals surface area (Å²) < 4.78 is 15.1.